The number of rotatable bonds is 4. The average Bonchev–Trinajstić information content (AvgIpc) is 2.78. The molecule has 0 saturated heterocycles. The lowest BCUT2D eigenvalue weighted by molar-refractivity contribution is -0.899. The van der Waals surface area contributed by atoms with E-state index in [2.05, 4.69) is 25.1 Å². The Bertz CT molecular complexity index is 992. The highest BCUT2D eigenvalue weighted by atomic mass is 16.5. The zero-order valence-corrected chi connectivity index (χ0v) is 17.1. The number of nitriles is 3. The van der Waals surface area contributed by atoms with Gasteiger partial charge in [-0.25, -0.2) is 4.79 Å². The molecule has 4 atom stereocenters. The Morgan fingerprint density at radius 3 is 2.47 bits per heavy atom. The van der Waals surface area contributed by atoms with Gasteiger partial charge in [-0.05, 0) is 35.8 Å². The Hall–Kier alpha value is -3.47. The SMILES string of the molecule is CCC[NH+]1CC=C2[C@H](C1)[C@H](c1ccc(C(=O)OC)cc1)[C@H](C#N)C(=N)C2(C#N)C#N. The first-order chi connectivity index (χ1) is 14.5. The molecule has 152 valence electrons. The Balaban J connectivity index is 2.13. The number of nitrogens with one attached hydrogen (secondary N) is 2. The average molecular weight is 402 g/mol. The molecule has 1 fully saturated rings. The summed E-state index contributed by atoms with van der Waals surface area (Å²) in [6, 6.07) is 13.2. The molecule has 1 aromatic carbocycles. The van der Waals surface area contributed by atoms with Gasteiger partial charge in [0.05, 0.1) is 62.1 Å². The molecule has 0 radical (unpaired) electrons. The summed E-state index contributed by atoms with van der Waals surface area (Å²) in [5, 5.41) is 38.4. The molecular weight excluding hydrogens is 378 g/mol. The van der Waals surface area contributed by atoms with Gasteiger partial charge in [0.2, 0.25) is 5.41 Å². The van der Waals surface area contributed by atoms with Crippen molar-refractivity contribution in [1.82, 2.24) is 0 Å². The van der Waals surface area contributed by atoms with Gasteiger partial charge in [-0.15, -0.1) is 0 Å². The molecule has 7 heteroatoms. The number of ether oxygens (including phenoxy) is 1. The maximum Gasteiger partial charge on any atom is 0.337 e. The molecule has 3 rings (SSSR count). The van der Waals surface area contributed by atoms with E-state index in [1.165, 1.54) is 12.0 Å². The van der Waals surface area contributed by atoms with E-state index in [0.717, 1.165) is 18.5 Å². The monoisotopic (exact) mass is 402 g/mol. The summed E-state index contributed by atoms with van der Waals surface area (Å²) in [4.78, 5) is 13.1. The third-order valence-electron chi connectivity index (χ3n) is 6.25. The molecule has 30 heavy (non-hydrogen) atoms. The Kier molecular flexibility index (Phi) is 6.01. The van der Waals surface area contributed by atoms with Crippen molar-refractivity contribution in [1.29, 1.82) is 21.2 Å². The zero-order chi connectivity index (χ0) is 21.9. The maximum absolute atomic E-state index is 11.8. The van der Waals surface area contributed by atoms with E-state index >= 15 is 0 Å². The first-order valence-corrected chi connectivity index (χ1v) is 10.0. The van der Waals surface area contributed by atoms with Crippen LogP contribution in [-0.4, -0.2) is 38.4 Å². The normalized spacial score (nSPS) is 26.9. The molecule has 1 aliphatic heterocycles. The van der Waals surface area contributed by atoms with E-state index in [9.17, 15) is 20.6 Å². The van der Waals surface area contributed by atoms with Crippen LogP contribution in [0.15, 0.2) is 35.9 Å². The van der Waals surface area contributed by atoms with Gasteiger partial charge in [0.1, 0.15) is 0 Å². The van der Waals surface area contributed by atoms with Crippen LogP contribution in [0.5, 0.6) is 0 Å². The second kappa shape index (κ2) is 8.49. The molecule has 1 unspecified atom stereocenters. The Morgan fingerprint density at radius 2 is 1.93 bits per heavy atom. The van der Waals surface area contributed by atoms with Gasteiger partial charge >= 0.3 is 5.97 Å². The minimum atomic E-state index is -1.69. The van der Waals surface area contributed by atoms with Crippen molar-refractivity contribution in [2.75, 3.05) is 26.7 Å². The first kappa shape index (κ1) is 21.2. The van der Waals surface area contributed by atoms with E-state index in [-0.39, 0.29) is 17.5 Å². The predicted octanol–water partition coefficient (Wildman–Crippen LogP) is 1.61. The highest BCUT2D eigenvalue weighted by molar-refractivity contribution is 6.01. The molecule has 0 bridgehead atoms. The van der Waals surface area contributed by atoms with E-state index in [1.807, 2.05) is 6.08 Å². The van der Waals surface area contributed by atoms with Crippen LogP contribution in [0.2, 0.25) is 0 Å². The van der Waals surface area contributed by atoms with Crippen LogP contribution in [0.1, 0.15) is 35.2 Å². The molecule has 2 aliphatic rings. The summed E-state index contributed by atoms with van der Waals surface area (Å²) in [6.45, 7) is 4.46. The maximum atomic E-state index is 11.8. The van der Waals surface area contributed by atoms with Crippen molar-refractivity contribution in [2.24, 2.45) is 17.3 Å². The lowest BCUT2D eigenvalue weighted by Gasteiger charge is -2.46. The molecule has 2 N–H and O–H groups in total. The predicted molar refractivity (Wildman–Crippen MR) is 108 cm³/mol. The van der Waals surface area contributed by atoms with Crippen molar-refractivity contribution in [3.8, 4) is 18.2 Å². The first-order valence-electron chi connectivity index (χ1n) is 10.0. The van der Waals surface area contributed by atoms with Crippen molar-refractivity contribution < 1.29 is 14.4 Å². The lowest BCUT2D eigenvalue weighted by atomic mass is 9.55. The highest BCUT2D eigenvalue weighted by Crippen LogP contribution is 2.51. The second-order valence-electron chi connectivity index (χ2n) is 7.81. The smallest absolute Gasteiger partial charge is 0.337 e. The third kappa shape index (κ3) is 3.26. The van der Waals surface area contributed by atoms with Crippen LogP contribution in [-0.2, 0) is 4.74 Å². The fourth-order valence-corrected chi connectivity index (χ4v) is 4.82. The van der Waals surface area contributed by atoms with Gasteiger partial charge < -0.3 is 15.0 Å². The summed E-state index contributed by atoms with van der Waals surface area (Å²) in [6.07, 6.45) is 2.94. The summed E-state index contributed by atoms with van der Waals surface area (Å²) >= 11 is 0. The number of carbonyl (C=O) groups excluding carboxylic acids is 1. The number of hydrogen-bond donors (Lipinski definition) is 2. The number of quaternary nitrogens is 1. The molecule has 1 saturated carbocycles. The molecule has 1 aromatic rings. The van der Waals surface area contributed by atoms with Gasteiger partial charge in [0.15, 0.2) is 0 Å². The van der Waals surface area contributed by atoms with Gasteiger partial charge in [-0.3, -0.25) is 0 Å². The minimum Gasteiger partial charge on any atom is -0.465 e. The Morgan fingerprint density at radius 1 is 1.27 bits per heavy atom. The quantitative estimate of drug-likeness (QED) is 0.584. The van der Waals surface area contributed by atoms with Gasteiger partial charge in [-0.1, -0.05) is 19.1 Å². The largest absolute Gasteiger partial charge is 0.465 e. The summed E-state index contributed by atoms with van der Waals surface area (Å²) in [5.74, 6) is -1.90. The van der Waals surface area contributed by atoms with Crippen LogP contribution in [0.3, 0.4) is 0 Å². The number of nitrogens with zero attached hydrogens (tertiary/aromatic N) is 3. The van der Waals surface area contributed by atoms with Crippen molar-refractivity contribution in [3.05, 3.63) is 47.0 Å². The molecule has 0 aromatic heterocycles. The minimum absolute atomic E-state index is 0.154. The molecule has 1 aliphatic carbocycles. The van der Waals surface area contributed by atoms with Crippen LogP contribution < -0.4 is 4.90 Å². The van der Waals surface area contributed by atoms with Crippen molar-refractivity contribution in [3.63, 3.8) is 0 Å². The van der Waals surface area contributed by atoms with Gasteiger partial charge in [0.25, 0.3) is 0 Å². The number of methoxy groups -OCH3 is 1. The fraction of sp³-hybridized carbons (Fsp3) is 0.435. The number of carbonyl (C=O) groups is 1. The van der Waals surface area contributed by atoms with Gasteiger partial charge in [0, 0.05) is 11.8 Å². The van der Waals surface area contributed by atoms with E-state index in [4.69, 9.17) is 10.1 Å². The molecule has 1 heterocycles. The summed E-state index contributed by atoms with van der Waals surface area (Å²) < 4.78 is 4.75. The highest BCUT2D eigenvalue weighted by Gasteiger charge is 2.57. The van der Waals surface area contributed by atoms with E-state index in [1.54, 1.807) is 24.3 Å². The van der Waals surface area contributed by atoms with Crippen molar-refractivity contribution >= 4 is 11.7 Å². The van der Waals surface area contributed by atoms with E-state index in [0.29, 0.717) is 24.2 Å². The zero-order valence-electron chi connectivity index (χ0n) is 17.1. The lowest BCUT2D eigenvalue weighted by Crippen LogP contribution is -3.13. The number of esters is 1. The fourth-order valence-electron chi connectivity index (χ4n) is 4.82. The van der Waals surface area contributed by atoms with Crippen LogP contribution >= 0.6 is 0 Å². The Labute approximate surface area is 176 Å². The topological polar surface area (TPSA) is 126 Å². The molecule has 0 spiro atoms. The van der Waals surface area contributed by atoms with Gasteiger partial charge in [-0.2, -0.15) is 15.8 Å². The number of hydrogen-bond acceptors (Lipinski definition) is 6. The number of fused-ring (bicyclic) bond motifs is 1. The van der Waals surface area contributed by atoms with Crippen molar-refractivity contribution in [2.45, 2.75) is 19.3 Å². The van der Waals surface area contributed by atoms with Crippen LogP contribution in [0.25, 0.3) is 0 Å². The molecule has 7 nitrogen and oxygen atoms in total. The standard InChI is InChI=1S/C23H23N5O2/c1-3-9-28-10-8-19-18(12-28)20(15-4-6-16(7-5-15)22(29)30-2)17(11-24)21(27)23(19,13-25)14-26/h4-8,17-18,20,27H,3,9-10,12H2,1-2H3/p+1/t17-,18-,20+/m0/s1. The number of benzene rings is 1. The summed E-state index contributed by atoms with van der Waals surface area (Å²) in [5.41, 5.74) is 0.0220. The van der Waals surface area contributed by atoms with Crippen LogP contribution in [0, 0.1) is 56.7 Å². The van der Waals surface area contributed by atoms with E-state index < -0.39 is 17.3 Å². The van der Waals surface area contributed by atoms with Crippen LogP contribution in [0.4, 0.5) is 0 Å². The third-order valence-corrected chi connectivity index (χ3v) is 6.25. The molecule has 0 amide bonds. The molecular formula is C23H24N5O2+. The second-order valence-corrected chi connectivity index (χ2v) is 7.81. The summed E-state index contributed by atoms with van der Waals surface area (Å²) in [7, 11) is 1.32.